The summed E-state index contributed by atoms with van der Waals surface area (Å²) >= 11 is 6.93. The molecule has 2 aromatic carbocycles. The Morgan fingerprint density at radius 3 is 1.60 bits per heavy atom. The Hall–Kier alpha value is 0.130. The van der Waals surface area contributed by atoms with E-state index in [1.54, 1.807) is 0 Å². The first kappa shape index (κ1) is 11.6. The fraction of sp³-hybridized carbons (Fsp3) is 0. The summed E-state index contributed by atoms with van der Waals surface area (Å²) in [7, 11) is 0. The van der Waals surface area contributed by atoms with E-state index in [9.17, 15) is 0 Å². The zero-order valence-electron chi connectivity index (χ0n) is 7.75. The summed E-state index contributed by atoms with van der Waals surface area (Å²) in [5, 5.41) is 0. The largest absolute Gasteiger partial charge is 0.357 e. The molecule has 2 aromatic rings. The second kappa shape index (κ2) is 5.46. The van der Waals surface area contributed by atoms with Crippen LogP contribution in [0, 0.1) is 7.14 Å². The fourth-order valence-corrected chi connectivity index (χ4v) is 5.29. The summed E-state index contributed by atoms with van der Waals surface area (Å²) in [5.74, 6) is 0. The van der Waals surface area contributed by atoms with E-state index < -0.39 is 0 Å². The van der Waals surface area contributed by atoms with E-state index in [-0.39, 0.29) is 21.2 Å². The summed E-state index contributed by atoms with van der Waals surface area (Å²) in [5.41, 5.74) is 0. The van der Waals surface area contributed by atoms with E-state index >= 15 is 0 Å². The van der Waals surface area contributed by atoms with Crippen LogP contribution < -0.4 is 21.2 Å². The first-order valence-corrected chi connectivity index (χ1v) is 8.14. The summed E-state index contributed by atoms with van der Waals surface area (Å²) in [6.45, 7) is 0. The molecule has 0 aromatic heterocycles. The van der Waals surface area contributed by atoms with Crippen molar-refractivity contribution < 1.29 is 21.2 Å². The van der Waals surface area contributed by atoms with Gasteiger partial charge >= 0.3 is 21.2 Å². The fourth-order valence-electron chi connectivity index (χ4n) is 1.16. The molecule has 0 radical (unpaired) electrons. The third kappa shape index (κ3) is 3.57. The highest BCUT2D eigenvalue weighted by molar-refractivity contribution is 9.10. The Morgan fingerprint density at radius 1 is 0.733 bits per heavy atom. The Balaban J connectivity index is 2.22. The van der Waals surface area contributed by atoms with Crippen LogP contribution in [0.5, 0.6) is 0 Å². The van der Waals surface area contributed by atoms with E-state index in [0.717, 1.165) is 8.95 Å². The van der Waals surface area contributed by atoms with Gasteiger partial charge in [0, 0.05) is 21.1 Å². The Labute approximate surface area is 117 Å². The molecular weight excluding hydrogens is 431 g/mol. The lowest BCUT2D eigenvalue weighted by Crippen LogP contribution is -3.61. The molecule has 0 aliphatic carbocycles. The van der Waals surface area contributed by atoms with Gasteiger partial charge in [-0.1, -0.05) is 44.0 Å². The highest BCUT2D eigenvalue weighted by atomic mass is 127. The van der Waals surface area contributed by atoms with Crippen LogP contribution in [0.25, 0.3) is 0 Å². The van der Waals surface area contributed by atoms with Crippen LogP contribution in [0.3, 0.4) is 0 Å². The molecule has 0 nitrogen and oxygen atoms in total. The molecule has 76 valence electrons. The molecule has 0 heterocycles. The van der Waals surface area contributed by atoms with Gasteiger partial charge in [0.1, 0.15) is 0 Å². The second-order valence-electron chi connectivity index (χ2n) is 2.97. The standard InChI is InChI=1S/C12H8Br2I/c13-9-3-1-5-11(7-9)15-12-6-2-4-10(14)8-12/h1-8H/q+1. The molecule has 2 rings (SSSR count). The summed E-state index contributed by atoms with van der Waals surface area (Å²) in [4.78, 5) is 0. The van der Waals surface area contributed by atoms with Gasteiger partial charge in [0.25, 0.3) is 0 Å². The van der Waals surface area contributed by atoms with Crippen LogP contribution >= 0.6 is 31.9 Å². The average Bonchev–Trinajstić information content (AvgIpc) is 2.17. The average molecular weight is 439 g/mol. The van der Waals surface area contributed by atoms with E-state index in [0.29, 0.717) is 0 Å². The second-order valence-corrected chi connectivity index (χ2v) is 7.84. The van der Waals surface area contributed by atoms with Crippen LogP contribution in [0.1, 0.15) is 0 Å². The Kier molecular flexibility index (Phi) is 4.22. The van der Waals surface area contributed by atoms with Crippen molar-refractivity contribution in [2.24, 2.45) is 0 Å². The van der Waals surface area contributed by atoms with Gasteiger partial charge in [-0.3, -0.25) is 0 Å². The first-order chi connectivity index (χ1) is 7.24. The first-order valence-electron chi connectivity index (χ1n) is 4.40. The van der Waals surface area contributed by atoms with Gasteiger partial charge in [-0.2, -0.15) is 0 Å². The normalized spacial score (nSPS) is 10.3. The lowest BCUT2D eigenvalue weighted by atomic mass is 10.4. The predicted octanol–water partition coefficient (Wildman–Crippen LogP) is 1.34. The van der Waals surface area contributed by atoms with Crippen molar-refractivity contribution in [2.75, 3.05) is 0 Å². The minimum atomic E-state index is -0.0648. The van der Waals surface area contributed by atoms with Crippen molar-refractivity contribution >= 4 is 31.9 Å². The lowest BCUT2D eigenvalue weighted by molar-refractivity contribution is -0.597. The maximum Gasteiger partial charge on any atom is 0.357 e. The lowest BCUT2D eigenvalue weighted by Gasteiger charge is -1.90. The SMILES string of the molecule is Brc1cccc([I+]c2cccc(Br)c2)c1. The van der Waals surface area contributed by atoms with Gasteiger partial charge in [-0.25, -0.2) is 0 Å². The summed E-state index contributed by atoms with van der Waals surface area (Å²) in [6, 6.07) is 17.1. The molecule has 0 spiro atoms. The number of rotatable bonds is 2. The number of benzene rings is 2. The van der Waals surface area contributed by atoms with Gasteiger partial charge in [0.15, 0.2) is 7.14 Å². The number of hydrogen-bond acceptors (Lipinski definition) is 0. The number of halogens is 3. The van der Waals surface area contributed by atoms with Gasteiger partial charge in [-0.05, 0) is 24.3 Å². The van der Waals surface area contributed by atoms with Gasteiger partial charge in [0.2, 0.25) is 0 Å². The van der Waals surface area contributed by atoms with Crippen LogP contribution in [-0.4, -0.2) is 0 Å². The summed E-state index contributed by atoms with van der Waals surface area (Å²) < 4.78 is 5.19. The highest BCUT2D eigenvalue weighted by Gasteiger charge is 2.15. The molecule has 0 saturated carbocycles. The molecule has 0 aliphatic heterocycles. The Bertz CT molecular complexity index is 425. The van der Waals surface area contributed by atoms with Gasteiger partial charge in [0.05, 0.1) is 0 Å². The highest BCUT2D eigenvalue weighted by Crippen LogP contribution is 2.07. The molecular formula is C12H8Br2I+. The third-order valence-corrected chi connectivity index (χ3v) is 5.37. The van der Waals surface area contributed by atoms with Crippen LogP contribution in [0.2, 0.25) is 0 Å². The zero-order chi connectivity index (χ0) is 10.7. The van der Waals surface area contributed by atoms with E-state index in [2.05, 4.69) is 80.4 Å². The van der Waals surface area contributed by atoms with Crippen LogP contribution in [0.4, 0.5) is 0 Å². The number of hydrogen-bond donors (Lipinski definition) is 0. The molecule has 0 amide bonds. The molecule has 0 N–H and O–H groups in total. The van der Waals surface area contributed by atoms with E-state index in [1.807, 2.05) is 0 Å². The molecule has 15 heavy (non-hydrogen) atoms. The summed E-state index contributed by atoms with van der Waals surface area (Å²) in [6.07, 6.45) is 0. The topological polar surface area (TPSA) is 0 Å². The maximum absolute atomic E-state index is 3.50. The van der Waals surface area contributed by atoms with Gasteiger partial charge < -0.3 is 0 Å². The van der Waals surface area contributed by atoms with E-state index in [1.165, 1.54) is 7.14 Å². The molecule has 0 unspecified atom stereocenters. The van der Waals surface area contributed by atoms with Crippen molar-refractivity contribution in [3.63, 3.8) is 0 Å². The van der Waals surface area contributed by atoms with Crippen molar-refractivity contribution in [2.45, 2.75) is 0 Å². The van der Waals surface area contributed by atoms with Crippen molar-refractivity contribution in [3.8, 4) is 0 Å². The minimum Gasteiger partial charge on any atom is -0.0566 e. The van der Waals surface area contributed by atoms with Crippen molar-refractivity contribution in [1.82, 2.24) is 0 Å². The van der Waals surface area contributed by atoms with E-state index in [4.69, 9.17) is 0 Å². The molecule has 0 saturated heterocycles. The Morgan fingerprint density at radius 2 is 1.20 bits per heavy atom. The molecule has 0 bridgehead atoms. The maximum atomic E-state index is 3.50. The quantitative estimate of drug-likeness (QED) is 0.621. The van der Waals surface area contributed by atoms with Gasteiger partial charge in [-0.15, -0.1) is 0 Å². The molecule has 0 fully saturated rings. The van der Waals surface area contributed by atoms with Crippen molar-refractivity contribution in [3.05, 3.63) is 64.6 Å². The predicted molar refractivity (Wildman–Crippen MR) is 65.7 cm³/mol. The zero-order valence-corrected chi connectivity index (χ0v) is 13.1. The van der Waals surface area contributed by atoms with Crippen LogP contribution in [0.15, 0.2) is 57.5 Å². The smallest absolute Gasteiger partial charge is 0.0566 e. The van der Waals surface area contributed by atoms with Crippen molar-refractivity contribution in [1.29, 1.82) is 0 Å². The molecule has 3 heteroatoms. The molecule has 0 aliphatic rings. The minimum absolute atomic E-state index is 0.0648. The van der Waals surface area contributed by atoms with Crippen LogP contribution in [-0.2, 0) is 0 Å². The molecule has 0 atom stereocenters. The monoisotopic (exact) mass is 437 g/mol. The third-order valence-electron chi connectivity index (χ3n) is 1.79.